The lowest BCUT2D eigenvalue weighted by Gasteiger charge is -2.06. The van der Waals surface area contributed by atoms with Gasteiger partial charge in [-0.3, -0.25) is 4.79 Å². The molecule has 0 saturated carbocycles. The summed E-state index contributed by atoms with van der Waals surface area (Å²) in [5.74, 6) is 0.586. The van der Waals surface area contributed by atoms with Crippen LogP contribution in [-0.2, 0) is 0 Å². The molecule has 24 heavy (non-hydrogen) atoms. The van der Waals surface area contributed by atoms with Gasteiger partial charge in [0.25, 0.3) is 5.91 Å². The molecule has 3 nitrogen and oxygen atoms in total. The van der Waals surface area contributed by atoms with E-state index in [9.17, 15) is 4.79 Å². The molecule has 1 N–H and O–H groups in total. The zero-order chi connectivity index (χ0) is 17.3. The number of carbonyl (C=O) groups excluding carboxylic acids is 1. The number of rotatable bonds is 3. The molecule has 3 rings (SSSR count). The number of halogens is 2. The molecule has 2 aromatic carbocycles. The zero-order valence-electron chi connectivity index (χ0n) is 13.2. The average Bonchev–Trinajstić information content (AvgIpc) is 3.03. The lowest BCUT2D eigenvalue weighted by Crippen LogP contribution is -2.11. The molecule has 0 aliphatic heterocycles. The van der Waals surface area contributed by atoms with Crippen LogP contribution < -0.4 is 5.32 Å². The van der Waals surface area contributed by atoms with Crippen LogP contribution in [0.1, 0.15) is 21.7 Å². The zero-order valence-corrected chi connectivity index (χ0v) is 16.1. The third kappa shape index (κ3) is 3.65. The Bertz CT molecular complexity index is 917. The van der Waals surface area contributed by atoms with E-state index in [2.05, 4.69) is 34.8 Å². The van der Waals surface area contributed by atoms with Crippen molar-refractivity contribution in [3.63, 3.8) is 0 Å². The van der Waals surface area contributed by atoms with Crippen LogP contribution in [0.5, 0.6) is 0 Å². The third-order valence-corrected chi connectivity index (χ3v) is 4.78. The summed E-state index contributed by atoms with van der Waals surface area (Å²) < 4.78 is 6.71. The maximum Gasteiger partial charge on any atom is 0.291 e. The quantitative estimate of drug-likeness (QED) is 0.491. The van der Waals surface area contributed by atoms with Gasteiger partial charge in [-0.05, 0) is 84.0 Å². The van der Waals surface area contributed by atoms with Crippen molar-refractivity contribution in [3.05, 3.63) is 74.0 Å². The van der Waals surface area contributed by atoms with Crippen LogP contribution >= 0.6 is 34.2 Å². The number of amides is 1. The van der Waals surface area contributed by atoms with Crippen LogP contribution in [0.4, 0.5) is 5.69 Å². The first-order chi connectivity index (χ1) is 11.4. The topological polar surface area (TPSA) is 42.2 Å². The Labute approximate surface area is 159 Å². The molecule has 0 radical (unpaired) electrons. The van der Waals surface area contributed by atoms with Crippen LogP contribution in [0, 0.1) is 17.4 Å². The minimum absolute atomic E-state index is 0.248. The lowest BCUT2D eigenvalue weighted by atomic mass is 10.1. The van der Waals surface area contributed by atoms with Crippen molar-refractivity contribution in [1.82, 2.24) is 0 Å². The number of carbonyl (C=O) groups is 1. The minimum Gasteiger partial charge on any atom is -0.451 e. The summed E-state index contributed by atoms with van der Waals surface area (Å²) in [6.07, 6.45) is 0. The van der Waals surface area contributed by atoms with Gasteiger partial charge in [0.15, 0.2) is 5.76 Å². The number of hydrogen-bond donors (Lipinski definition) is 1. The molecule has 122 valence electrons. The molecule has 1 heterocycles. The van der Waals surface area contributed by atoms with Crippen LogP contribution in [0.25, 0.3) is 11.3 Å². The van der Waals surface area contributed by atoms with E-state index in [4.69, 9.17) is 16.0 Å². The first kappa shape index (κ1) is 17.0. The molecule has 0 unspecified atom stereocenters. The highest BCUT2D eigenvalue weighted by Crippen LogP contribution is 2.27. The highest BCUT2D eigenvalue weighted by molar-refractivity contribution is 14.1. The predicted molar refractivity (Wildman–Crippen MR) is 106 cm³/mol. The Morgan fingerprint density at radius 2 is 1.83 bits per heavy atom. The standard InChI is InChI=1S/C19H15ClINO2/c1-11-3-4-13(9-12(11)2)17-7-8-18(24-17)19(23)22-16-6-5-14(21)10-15(16)20/h3-10H,1-2H3,(H,22,23). The molecule has 0 aliphatic rings. The number of nitrogens with one attached hydrogen (secondary N) is 1. The summed E-state index contributed by atoms with van der Waals surface area (Å²) in [7, 11) is 0. The summed E-state index contributed by atoms with van der Waals surface area (Å²) in [4.78, 5) is 12.4. The molecule has 0 aliphatic carbocycles. The maximum absolute atomic E-state index is 12.4. The van der Waals surface area contributed by atoms with Crippen molar-refractivity contribution < 1.29 is 9.21 Å². The third-order valence-electron chi connectivity index (χ3n) is 3.80. The summed E-state index contributed by atoms with van der Waals surface area (Å²) in [6, 6.07) is 15.0. The van der Waals surface area contributed by atoms with Gasteiger partial charge in [0.05, 0.1) is 10.7 Å². The van der Waals surface area contributed by atoms with Crippen molar-refractivity contribution >= 4 is 45.8 Å². The summed E-state index contributed by atoms with van der Waals surface area (Å²) >= 11 is 8.31. The molecule has 0 spiro atoms. The van der Waals surface area contributed by atoms with Crippen LogP contribution in [0.2, 0.25) is 5.02 Å². The Balaban J connectivity index is 1.82. The first-order valence-corrected chi connectivity index (χ1v) is 8.83. The van der Waals surface area contributed by atoms with Crippen molar-refractivity contribution in [2.75, 3.05) is 5.32 Å². The van der Waals surface area contributed by atoms with E-state index in [0.717, 1.165) is 9.13 Å². The van der Waals surface area contributed by atoms with Gasteiger partial charge in [0.1, 0.15) is 5.76 Å². The maximum atomic E-state index is 12.4. The molecule has 1 amide bonds. The monoisotopic (exact) mass is 451 g/mol. The number of benzene rings is 2. The summed E-state index contributed by atoms with van der Waals surface area (Å²) in [6.45, 7) is 4.11. The largest absolute Gasteiger partial charge is 0.451 e. The predicted octanol–water partition coefficient (Wildman–Crippen LogP) is 6.07. The van der Waals surface area contributed by atoms with E-state index in [1.165, 1.54) is 11.1 Å². The van der Waals surface area contributed by atoms with E-state index in [1.54, 1.807) is 24.3 Å². The van der Waals surface area contributed by atoms with Gasteiger partial charge in [-0.15, -0.1) is 0 Å². The number of hydrogen-bond acceptors (Lipinski definition) is 2. The molecule has 1 aromatic heterocycles. The second-order valence-corrected chi connectivity index (χ2v) is 7.19. The highest BCUT2D eigenvalue weighted by Gasteiger charge is 2.14. The molecule has 3 aromatic rings. The van der Waals surface area contributed by atoms with E-state index in [-0.39, 0.29) is 11.7 Å². The van der Waals surface area contributed by atoms with Gasteiger partial charge in [0.2, 0.25) is 0 Å². The molecule has 0 fully saturated rings. The Morgan fingerprint density at radius 3 is 2.54 bits per heavy atom. The first-order valence-electron chi connectivity index (χ1n) is 7.38. The Morgan fingerprint density at radius 1 is 1.04 bits per heavy atom. The van der Waals surface area contributed by atoms with Crippen molar-refractivity contribution in [1.29, 1.82) is 0 Å². The van der Waals surface area contributed by atoms with Crippen molar-refractivity contribution in [2.45, 2.75) is 13.8 Å². The Hall–Kier alpha value is -1.79. The number of anilines is 1. The van der Waals surface area contributed by atoms with Crippen LogP contribution in [0.3, 0.4) is 0 Å². The van der Waals surface area contributed by atoms with Crippen LogP contribution in [0.15, 0.2) is 52.9 Å². The summed E-state index contributed by atoms with van der Waals surface area (Å²) in [5.41, 5.74) is 3.91. The second-order valence-electron chi connectivity index (χ2n) is 5.54. The van der Waals surface area contributed by atoms with Gasteiger partial charge in [-0.1, -0.05) is 23.7 Å². The van der Waals surface area contributed by atoms with Gasteiger partial charge < -0.3 is 9.73 Å². The fraction of sp³-hybridized carbons (Fsp3) is 0.105. The normalized spacial score (nSPS) is 10.7. The molecular formula is C19H15ClINO2. The molecule has 0 atom stereocenters. The fourth-order valence-corrected chi connectivity index (χ4v) is 3.19. The highest BCUT2D eigenvalue weighted by atomic mass is 127. The molecule has 0 bridgehead atoms. The van der Waals surface area contributed by atoms with Crippen LogP contribution in [-0.4, -0.2) is 5.91 Å². The summed E-state index contributed by atoms with van der Waals surface area (Å²) in [5, 5.41) is 3.27. The van der Waals surface area contributed by atoms with E-state index < -0.39 is 0 Å². The lowest BCUT2D eigenvalue weighted by molar-refractivity contribution is 0.0997. The van der Waals surface area contributed by atoms with E-state index >= 15 is 0 Å². The fourth-order valence-electron chi connectivity index (χ4n) is 2.28. The van der Waals surface area contributed by atoms with E-state index in [1.807, 2.05) is 31.2 Å². The SMILES string of the molecule is Cc1ccc(-c2ccc(C(=O)Nc3ccc(I)cc3Cl)o2)cc1C. The van der Waals surface area contributed by atoms with Crippen molar-refractivity contribution in [3.8, 4) is 11.3 Å². The number of aryl methyl sites for hydroxylation is 2. The molecule has 5 heteroatoms. The van der Waals surface area contributed by atoms with Gasteiger partial charge in [-0.2, -0.15) is 0 Å². The molecule has 0 saturated heterocycles. The van der Waals surface area contributed by atoms with E-state index in [0.29, 0.717) is 16.5 Å². The van der Waals surface area contributed by atoms with Gasteiger partial charge in [0, 0.05) is 9.13 Å². The molecular weight excluding hydrogens is 437 g/mol. The number of furan rings is 1. The van der Waals surface area contributed by atoms with Gasteiger partial charge >= 0.3 is 0 Å². The second kappa shape index (κ2) is 6.99. The van der Waals surface area contributed by atoms with Gasteiger partial charge in [-0.25, -0.2) is 0 Å². The van der Waals surface area contributed by atoms with Crippen molar-refractivity contribution in [2.24, 2.45) is 0 Å². The Kier molecular flexibility index (Phi) is 4.96. The smallest absolute Gasteiger partial charge is 0.291 e. The minimum atomic E-state index is -0.326. The average molecular weight is 452 g/mol.